The molecule has 0 fully saturated rings. The molecule has 0 unspecified atom stereocenters. The Kier molecular flexibility index (Phi) is 7.40. The predicted molar refractivity (Wildman–Crippen MR) is 130 cm³/mol. The number of halogens is 1. The molecule has 1 heterocycles. The van der Waals surface area contributed by atoms with E-state index in [9.17, 15) is 4.79 Å². The Bertz CT molecular complexity index is 1270. The van der Waals surface area contributed by atoms with Crippen LogP contribution in [0.25, 0.3) is 5.69 Å². The van der Waals surface area contributed by atoms with Crippen LogP contribution in [-0.4, -0.2) is 26.4 Å². The van der Waals surface area contributed by atoms with Crippen LogP contribution in [0.1, 0.15) is 11.4 Å². The van der Waals surface area contributed by atoms with E-state index in [1.54, 1.807) is 24.3 Å². The fraction of sp³-hybridized carbons (Fsp3) is 0.0833. The van der Waals surface area contributed by atoms with Crippen LogP contribution in [-0.2, 0) is 11.4 Å². The molecule has 9 heteroatoms. The monoisotopic (exact) mass is 519 g/mol. The van der Waals surface area contributed by atoms with E-state index in [2.05, 4.69) is 37.5 Å². The summed E-state index contributed by atoms with van der Waals surface area (Å²) in [6.07, 6.45) is 0. The Morgan fingerprint density at radius 2 is 1.76 bits per heavy atom. The molecule has 0 atom stereocenters. The highest BCUT2D eigenvalue weighted by molar-refractivity contribution is 9.10. The molecule has 4 rings (SSSR count). The van der Waals surface area contributed by atoms with Gasteiger partial charge in [-0.2, -0.15) is 5.26 Å². The number of ether oxygens (including phenoxy) is 1. The van der Waals surface area contributed by atoms with E-state index >= 15 is 0 Å². The van der Waals surface area contributed by atoms with Crippen LogP contribution in [0.5, 0.6) is 5.75 Å². The van der Waals surface area contributed by atoms with Crippen LogP contribution in [0, 0.1) is 11.3 Å². The Labute approximate surface area is 203 Å². The van der Waals surface area contributed by atoms with Gasteiger partial charge in [-0.1, -0.05) is 45.9 Å². The summed E-state index contributed by atoms with van der Waals surface area (Å²) < 4.78 is 8.68. The maximum Gasteiger partial charge on any atom is 0.234 e. The molecule has 0 bridgehead atoms. The zero-order valence-corrected chi connectivity index (χ0v) is 19.7. The van der Waals surface area contributed by atoms with Gasteiger partial charge in [0.25, 0.3) is 0 Å². The van der Waals surface area contributed by atoms with Crippen LogP contribution < -0.4 is 10.1 Å². The van der Waals surface area contributed by atoms with Gasteiger partial charge in [-0.05, 0) is 60.7 Å². The average Bonchev–Trinajstić information content (AvgIpc) is 3.26. The van der Waals surface area contributed by atoms with Gasteiger partial charge in [0.05, 0.1) is 17.4 Å². The van der Waals surface area contributed by atoms with E-state index in [0.29, 0.717) is 22.3 Å². The van der Waals surface area contributed by atoms with Crippen LogP contribution in [0.2, 0.25) is 0 Å². The van der Waals surface area contributed by atoms with Gasteiger partial charge in [-0.25, -0.2) is 0 Å². The minimum atomic E-state index is -0.139. The summed E-state index contributed by atoms with van der Waals surface area (Å²) >= 11 is 4.68. The summed E-state index contributed by atoms with van der Waals surface area (Å²) in [4.78, 5) is 12.4. The highest BCUT2D eigenvalue weighted by atomic mass is 79.9. The van der Waals surface area contributed by atoms with Gasteiger partial charge in [-0.3, -0.25) is 9.36 Å². The number of nitriles is 1. The molecule has 33 heavy (non-hydrogen) atoms. The lowest BCUT2D eigenvalue weighted by atomic mass is 10.2. The lowest BCUT2D eigenvalue weighted by Crippen LogP contribution is -2.14. The second-order valence-corrected chi connectivity index (χ2v) is 8.70. The van der Waals surface area contributed by atoms with Crippen molar-refractivity contribution in [2.45, 2.75) is 11.8 Å². The van der Waals surface area contributed by atoms with Crippen molar-refractivity contribution >= 4 is 39.3 Å². The van der Waals surface area contributed by atoms with Crippen LogP contribution >= 0.6 is 27.7 Å². The number of hydrogen-bond donors (Lipinski definition) is 1. The number of anilines is 1. The minimum Gasteiger partial charge on any atom is -0.486 e. The molecule has 0 aliphatic rings. The fourth-order valence-electron chi connectivity index (χ4n) is 2.96. The maximum absolute atomic E-state index is 12.4. The molecule has 0 spiro atoms. The molecule has 3 aromatic carbocycles. The Morgan fingerprint density at radius 1 is 1.03 bits per heavy atom. The van der Waals surface area contributed by atoms with Crippen molar-refractivity contribution in [2.75, 3.05) is 11.1 Å². The van der Waals surface area contributed by atoms with Crippen LogP contribution in [0.4, 0.5) is 5.69 Å². The molecular formula is C24H18BrN5O2S. The van der Waals surface area contributed by atoms with Gasteiger partial charge in [0.2, 0.25) is 5.91 Å². The predicted octanol–water partition coefficient (Wildman–Crippen LogP) is 5.21. The highest BCUT2D eigenvalue weighted by Crippen LogP contribution is 2.24. The molecule has 0 radical (unpaired) electrons. The molecule has 7 nitrogen and oxygen atoms in total. The van der Waals surface area contributed by atoms with E-state index in [4.69, 9.17) is 10.00 Å². The number of benzene rings is 3. The second kappa shape index (κ2) is 10.8. The number of carbonyl (C=O) groups is 1. The van der Waals surface area contributed by atoms with E-state index in [1.165, 1.54) is 11.8 Å². The van der Waals surface area contributed by atoms with Crippen molar-refractivity contribution in [3.63, 3.8) is 0 Å². The quantitative estimate of drug-likeness (QED) is 0.321. The minimum absolute atomic E-state index is 0.139. The van der Waals surface area contributed by atoms with Gasteiger partial charge in [0.1, 0.15) is 12.4 Å². The van der Waals surface area contributed by atoms with E-state index < -0.39 is 0 Å². The lowest BCUT2D eigenvalue weighted by Gasteiger charge is -2.11. The molecule has 1 aromatic heterocycles. The number of carbonyl (C=O) groups excluding carboxylic acids is 1. The summed E-state index contributed by atoms with van der Waals surface area (Å²) in [5, 5.41) is 21.0. The highest BCUT2D eigenvalue weighted by Gasteiger charge is 2.16. The molecule has 1 amide bonds. The molecule has 4 aromatic rings. The number of para-hydroxylation sites is 1. The van der Waals surface area contributed by atoms with Gasteiger partial charge in [-0.15, -0.1) is 10.2 Å². The first-order chi connectivity index (χ1) is 16.1. The number of rotatable bonds is 8. The smallest absolute Gasteiger partial charge is 0.234 e. The molecule has 0 aliphatic carbocycles. The normalized spacial score (nSPS) is 10.4. The Morgan fingerprint density at radius 3 is 2.45 bits per heavy atom. The molecule has 0 aliphatic heterocycles. The molecular weight excluding hydrogens is 502 g/mol. The largest absolute Gasteiger partial charge is 0.486 e. The van der Waals surface area contributed by atoms with Crippen molar-refractivity contribution in [1.29, 1.82) is 5.26 Å². The first-order valence-corrected chi connectivity index (χ1v) is 11.7. The number of nitrogens with one attached hydrogen (secondary N) is 1. The molecule has 1 N–H and O–H groups in total. The maximum atomic E-state index is 12.4. The number of amides is 1. The molecule has 164 valence electrons. The third-order valence-electron chi connectivity index (χ3n) is 4.53. The van der Waals surface area contributed by atoms with Crippen molar-refractivity contribution in [2.24, 2.45) is 0 Å². The third-order valence-corrected chi connectivity index (χ3v) is 5.98. The first kappa shape index (κ1) is 22.6. The van der Waals surface area contributed by atoms with E-state index in [-0.39, 0.29) is 18.3 Å². The Balaban J connectivity index is 1.48. The number of hydrogen-bond acceptors (Lipinski definition) is 6. The Hall–Kier alpha value is -3.61. The van der Waals surface area contributed by atoms with Gasteiger partial charge < -0.3 is 10.1 Å². The molecule has 0 saturated carbocycles. The van der Waals surface area contributed by atoms with Crippen LogP contribution in [0.3, 0.4) is 0 Å². The topological polar surface area (TPSA) is 92.8 Å². The van der Waals surface area contributed by atoms with Crippen molar-refractivity contribution in [3.05, 3.63) is 94.7 Å². The summed E-state index contributed by atoms with van der Waals surface area (Å²) in [6, 6.07) is 26.0. The van der Waals surface area contributed by atoms with E-state index in [1.807, 2.05) is 59.2 Å². The van der Waals surface area contributed by atoms with Crippen molar-refractivity contribution in [3.8, 4) is 17.5 Å². The summed E-state index contributed by atoms with van der Waals surface area (Å²) in [6.45, 7) is 0.180. The lowest BCUT2D eigenvalue weighted by molar-refractivity contribution is -0.113. The first-order valence-electron chi connectivity index (χ1n) is 9.93. The zero-order valence-electron chi connectivity index (χ0n) is 17.3. The summed E-state index contributed by atoms with van der Waals surface area (Å²) in [5.41, 5.74) is 2.16. The average molecular weight is 520 g/mol. The van der Waals surface area contributed by atoms with E-state index in [0.717, 1.165) is 15.8 Å². The number of aromatic nitrogens is 3. The fourth-order valence-corrected chi connectivity index (χ4v) is 3.99. The van der Waals surface area contributed by atoms with Crippen molar-refractivity contribution < 1.29 is 9.53 Å². The summed E-state index contributed by atoms with van der Waals surface area (Å²) in [7, 11) is 0. The third kappa shape index (κ3) is 6.00. The van der Waals surface area contributed by atoms with Gasteiger partial charge in [0.15, 0.2) is 11.0 Å². The summed E-state index contributed by atoms with van der Waals surface area (Å²) in [5.74, 6) is 1.26. The van der Waals surface area contributed by atoms with Crippen LogP contribution in [0.15, 0.2) is 88.5 Å². The van der Waals surface area contributed by atoms with Gasteiger partial charge in [0, 0.05) is 15.8 Å². The zero-order chi connectivity index (χ0) is 23.0. The van der Waals surface area contributed by atoms with Crippen molar-refractivity contribution in [1.82, 2.24) is 14.8 Å². The number of nitrogens with zero attached hydrogens (tertiary/aromatic N) is 4. The second-order valence-electron chi connectivity index (χ2n) is 6.84. The standard InChI is InChI=1S/C24H18BrN5O2S/c25-18-8-10-19(11-9-18)27-23(31)16-33-24-29-28-22(30(24)20-4-2-1-3-5-20)15-32-21-12-6-17(14-26)7-13-21/h1-13H,15-16H2,(H,27,31). The van der Waals surface area contributed by atoms with Gasteiger partial charge >= 0.3 is 0 Å². The SMILES string of the molecule is N#Cc1ccc(OCc2nnc(SCC(=O)Nc3ccc(Br)cc3)n2-c2ccccc2)cc1. The number of thioether (sulfide) groups is 1. The molecule has 0 saturated heterocycles.